The molecule has 0 N–H and O–H groups in total. The molecule has 0 bridgehead atoms. The van der Waals surface area contributed by atoms with Gasteiger partial charge in [0.2, 0.25) is 0 Å². The van der Waals surface area contributed by atoms with E-state index in [9.17, 15) is 21.6 Å². The average molecular weight is 540 g/mol. The summed E-state index contributed by atoms with van der Waals surface area (Å²) < 4.78 is 79.5. The maximum atomic E-state index is 14.0. The SMILES string of the molecule is COc1cc(-c2cccc(C(F)(F)F)c2)c(C)cc1N(c1ccon1)S(=O)(=O)c1ccc2cnccc2c1. The van der Waals surface area contributed by atoms with Crippen molar-refractivity contribution in [2.24, 2.45) is 0 Å². The standard InChI is InChI=1S/C27H20F3N3O4S/c1-17-12-24(25(36-2)15-23(17)19-4-3-5-21(13-19)27(28,29)30)33(26-9-11-37-32-26)38(34,35)22-7-6-20-16-31-10-8-18(20)14-22/h3-16H,1-2H3. The molecular weight excluding hydrogens is 519 g/mol. The van der Waals surface area contributed by atoms with Crippen LogP contribution in [0.4, 0.5) is 24.7 Å². The summed E-state index contributed by atoms with van der Waals surface area (Å²) in [4.78, 5) is 4.04. The van der Waals surface area contributed by atoms with E-state index in [0.717, 1.165) is 21.8 Å². The third kappa shape index (κ3) is 4.56. The second-order valence-corrected chi connectivity index (χ2v) is 10.2. The Balaban J connectivity index is 1.68. The maximum Gasteiger partial charge on any atom is 0.416 e. The van der Waals surface area contributed by atoms with Crippen LogP contribution in [0.3, 0.4) is 0 Å². The Hall–Kier alpha value is -4.38. The van der Waals surface area contributed by atoms with Crippen LogP contribution in [0.15, 0.2) is 94.8 Å². The summed E-state index contributed by atoms with van der Waals surface area (Å²) in [6, 6.07) is 15.7. The maximum absolute atomic E-state index is 14.0. The predicted octanol–water partition coefficient (Wildman–Crippen LogP) is 6.75. The third-order valence-corrected chi connectivity index (χ3v) is 7.74. The van der Waals surface area contributed by atoms with Gasteiger partial charge in [-0.3, -0.25) is 4.98 Å². The first-order chi connectivity index (χ1) is 18.1. The molecule has 0 aliphatic rings. The van der Waals surface area contributed by atoms with Gasteiger partial charge < -0.3 is 9.26 Å². The monoisotopic (exact) mass is 539 g/mol. The number of fused-ring (bicyclic) bond motifs is 1. The summed E-state index contributed by atoms with van der Waals surface area (Å²) >= 11 is 0. The number of benzene rings is 3. The first-order valence-electron chi connectivity index (χ1n) is 11.3. The van der Waals surface area contributed by atoms with Crippen molar-refractivity contribution in [1.29, 1.82) is 0 Å². The average Bonchev–Trinajstić information content (AvgIpc) is 3.42. The van der Waals surface area contributed by atoms with Crippen LogP contribution in [0.1, 0.15) is 11.1 Å². The number of sulfonamides is 1. The molecule has 0 radical (unpaired) electrons. The molecule has 5 rings (SSSR count). The number of hydrogen-bond acceptors (Lipinski definition) is 6. The van der Waals surface area contributed by atoms with Gasteiger partial charge in [-0.2, -0.15) is 13.2 Å². The Kier molecular flexibility index (Phi) is 6.31. The molecule has 0 amide bonds. The van der Waals surface area contributed by atoms with Crippen LogP contribution in [-0.4, -0.2) is 25.7 Å². The lowest BCUT2D eigenvalue weighted by Crippen LogP contribution is -2.27. The van der Waals surface area contributed by atoms with E-state index in [0.29, 0.717) is 22.1 Å². The molecule has 2 heterocycles. The first kappa shape index (κ1) is 25.3. The Labute approximate surface area is 216 Å². The zero-order valence-electron chi connectivity index (χ0n) is 20.1. The lowest BCUT2D eigenvalue weighted by Gasteiger charge is -2.25. The van der Waals surface area contributed by atoms with E-state index in [4.69, 9.17) is 9.26 Å². The molecule has 194 valence electrons. The first-order valence-corrected chi connectivity index (χ1v) is 12.7. The molecule has 11 heteroatoms. The summed E-state index contributed by atoms with van der Waals surface area (Å²) in [7, 11) is -2.91. The second kappa shape index (κ2) is 9.49. The summed E-state index contributed by atoms with van der Waals surface area (Å²) in [5, 5.41) is 5.29. The number of anilines is 2. The number of alkyl halides is 3. The molecule has 0 atom stereocenters. The van der Waals surface area contributed by atoms with Crippen LogP contribution >= 0.6 is 0 Å². The van der Waals surface area contributed by atoms with Crippen LogP contribution in [0.2, 0.25) is 0 Å². The number of methoxy groups -OCH3 is 1. The Morgan fingerprint density at radius 1 is 0.974 bits per heavy atom. The minimum absolute atomic E-state index is 0.0131. The Morgan fingerprint density at radius 3 is 2.50 bits per heavy atom. The van der Waals surface area contributed by atoms with E-state index in [2.05, 4.69) is 10.1 Å². The summed E-state index contributed by atoms with van der Waals surface area (Å²) in [5.74, 6) is 0.0870. The molecular formula is C27H20F3N3O4S. The molecule has 0 fully saturated rings. The van der Waals surface area contributed by atoms with Crippen LogP contribution in [0.5, 0.6) is 5.75 Å². The molecule has 5 aromatic rings. The molecule has 0 unspecified atom stereocenters. The van der Waals surface area contributed by atoms with E-state index in [1.807, 2.05) is 0 Å². The van der Waals surface area contributed by atoms with Gasteiger partial charge in [0.05, 0.1) is 17.6 Å². The van der Waals surface area contributed by atoms with Crippen molar-refractivity contribution < 1.29 is 30.8 Å². The highest BCUT2D eigenvalue weighted by Crippen LogP contribution is 2.42. The topological polar surface area (TPSA) is 85.5 Å². The molecule has 3 aromatic carbocycles. The number of nitrogens with zero attached hydrogens (tertiary/aromatic N) is 3. The number of halogens is 3. The Bertz CT molecular complexity index is 1740. The van der Waals surface area contributed by atoms with Crippen LogP contribution in [-0.2, 0) is 16.2 Å². The molecule has 0 aliphatic heterocycles. The van der Waals surface area contributed by atoms with Crippen molar-refractivity contribution in [3.63, 3.8) is 0 Å². The van der Waals surface area contributed by atoms with Gasteiger partial charge in [-0.15, -0.1) is 0 Å². The highest BCUT2D eigenvalue weighted by molar-refractivity contribution is 7.93. The van der Waals surface area contributed by atoms with Crippen molar-refractivity contribution in [1.82, 2.24) is 10.1 Å². The van der Waals surface area contributed by atoms with E-state index in [1.54, 1.807) is 37.5 Å². The summed E-state index contributed by atoms with van der Waals surface area (Å²) in [5.41, 5.74) is 0.599. The number of hydrogen-bond donors (Lipinski definition) is 0. The number of aromatic nitrogens is 2. The molecule has 0 spiro atoms. The third-order valence-electron chi connectivity index (χ3n) is 6.03. The second-order valence-electron chi connectivity index (χ2n) is 8.43. The van der Waals surface area contributed by atoms with Crippen LogP contribution in [0.25, 0.3) is 21.9 Å². The van der Waals surface area contributed by atoms with Gasteiger partial charge in [0.15, 0.2) is 5.82 Å². The van der Waals surface area contributed by atoms with Gasteiger partial charge >= 0.3 is 6.18 Å². The number of aryl methyl sites for hydroxylation is 1. The molecule has 0 saturated carbocycles. The fourth-order valence-corrected chi connectivity index (χ4v) is 5.65. The van der Waals surface area contributed by atoms with Gasteiger partial charge in [-0.05, 0) is 71.5 Å². The lowest BCUT2D eigenvalue weighted by atomic mass is 9.97. The number of ether oxygens (including phenoxy) is 1. The quantitative estimate of drug-likeness (QED) is 0.237. The Morgan fingerprint density at radius 2 is 1.79 bits per heavy atom. The molecule has 2 aromatic heterocycles. The van der Waals surface area contributed by atoms with E-state index < -0.39 is 21.8 Å². The lowest BCUT2D eigenvalue weighted by molar-refractivity contribution is -0.137. The smallest absolute Gasteiger partial charge is 0.416 e. The molecule has 0 saturated heterocycles. The van der Waals surface area contributed by atoms with Crippen molar-refractivity contribution in [3.8, 4) is 16.9 Å². The molecule has 0 aliphatic carbocycles. The minimum Gasteiger partial charge on any atom is -0.495 e. The van der Waals surface area contributed by atoms with E-state index >= 15 is 0 Å². The molecule has 38 heavy (non-hydrogen) atoms. The molecule has 7 nitrogen and oxygen atoms in total. The highest BCUT2D eigenvalue weighted by Gasteiger charge is 2.33. The normalized spacial score (nSPS) is 12.0. The summed E-state index contributed by atoms with van der Waals surface area (Å²) in [6.45, 7) is 1.68. The van der Waals surface area contributed by atoms with Crippen molar-refractivity contribution in [3.05, 3.63) is 96.5 Å². The number of rotatable bonds is 6. The minimum atomic E-state index is -4.51. The van der Waals surface area contributed by atoms with Crippen LogP contribution < -0.4 is 9.04 Å². The van der Waals surface area contributed by atoms with E-state index in [1.165, 1.54) is 49.8 Å². The number of pyridine rings is 1. The van der Waals surface area contributed by atoms with E-state index in [-0.39, 0.29) is 22.2 Å². The highest BCUT2D eigenvalue weighted by atomic mass is 32.2. The zero-order chi connectivity index (χ0) is 27.1. The fraction of sp³-hybridized carbons (Fsp3) is 0.111. The van der Waals surface area contributed by atoms with Gasteiger partial charge in [0.1, 0.15) is 17.7 Å². The van der Waals surface area contributed by atoms with Gasteiger partial charge in [0.25, 0.3) is 10.0 Å². The fourth-order valence-electron chi connectivity index (χ4n) is 4.18. The largest absolute Gasteiger partial charge is 0.495 e. The van der Waals surface area contributed by atoms with Crippen molar-refractivity contribution in [2.45, 2.75) is 18.0 Å². The van der Waals surface area contributed by atoms with Gasteiger partial charge in [-0.1, -0.05) is 23.4 Å². The zero-order valence-corrected chi connectivity index (χ0v) is 20.9. The van der Waals surface area contributed by atoms with Gasteiger partial charge in [-0.25, -0.2) is 12.7 Å². The van der Waals surface area contributed by atoms with Crippen LogP contribution in [0, 0.1) is 6.92 Å². The van der Waals surface area contributed by atoms with Crippen molar-refractivity contribution in [2.75, 3.05) is 11.4 Å². The predicted molar refractivity (Wildman–Crippen MR) is 136 cm³/mol. The van der Waals surface area contributed by atoms with Crippen molar-refractivity contribution >= 4 is 32.3 Å². The summed E-state index contributed by atoms with van der Waals surface area (Å²) in [6.07, 6.45) is -0.0883. The van der Waals surface area contributed by atoms with Gasteiger partial charge in [0, 0.05) is 23.8 Å².